The van der Waals surface area contributed by atoms with Crippen molar-refractivity contribution in [1.82, 2.24) is 0 Å². The highest BCUT2D eigenvalue weighted by molar-refractivity contribution is 7.17. The van der Waals surface area contributed by atoms with Crippen molar-refractivity contribution in [3.63, 3.8) is 0 Å². The van der Waals surface area contributed by atoms with Crippen LogP contribution >= 0.6 is 11.3 Å². The SMILES string of the molecule is NC(=O)c1c(NC(=O)COc2ccccc2[N+](=O)[O-])sc2c1CCC2. The monoisotopic (exact) mass is 361 g/mol. The minimum Gasteiger partial charge on any atom is -0.477 e. The van der Waals surface area contributed by atoms with E-state index >= 15 is 0 Å². The Morgan fingerprint density at radius 1 is 1.32 bits per heavy atom. The first-order valence-corrected chi connectivity index (χ1v) is 8.39. The molecule has 3 N–H and O–H groups in total. The van der Waals surface area contributed by atoms with Gasteiger partial charge in [-0.1, -0.05) is 12.1 Å². The molecule has 2 amide bonds. The fraction of sp³-hybridized carbons (Fsp3) is 0.250. The van der Waals surface area contributed by atoms with Gasteiger partial charge in [0.05, 0.1) is 10.5 Å². The van der Waals surface area contributed by atoms with Crippen LogP contribution in [0.4, 0.5) is 10.7 Å². The van der Waals surface area contributed by atoms with Gasteiger partial charge >= 0.3 is 5.69 Å². The van der Waals surface area contributed by atoms with Gasteiger partial charge in [0.2, 0.25) is 0 Å². The molecule has 0 bridgehead atoms. The van der Waals surface area contributed by atoms with Crippen LogP contribution in [0.1, 0.15) is 27.2 Å². The van der Waals surface area contributed by atoms with E-state index in [-0.39, 0.29) is 11.4 Å². The van der Waals surface area contributed by atoms with Crippen LogP contribution in [0.25, 0.3) is 0 Å². The Labute approximate surface area is 146 Å². The molecule has 0 atom stereocenters. The zero-order valence-corrected chi connectivity index (χ0v) is 13.9. The summed E-state index contributed by atoms with van der Waals surface area (Å²) in [5.74, 6) is -1.08. The molecule has 0 saturated heterocycles. The second-order valence-electron chi connectivity index (χ2n) is 5.49. The van der Waals surface area contributed by atoms with Crippen LogP contribution in [0.2, 0.25) is 0 Å². The third-order valence-electron chi connectivity index (χ3n) is 3.84. The smallest absolute Gasteiger partial charge is 0.310 e. The molecule has 0 aliphatic heterocycles. The van der Waals surface area contributed by atoms with Gasteiger partial charge in [-0.2, -0.15) is 0 Å². The number of carbonyl (C=O) groups is 2. The van der Waals surface area contributed by atoms with Gasteiger partial charge in [-0.05, 0) is 30.9 Å². The Balaban J connectivity index is 1.70. The van der Waals surface area contributed by atoms with Crippen molar-refractivity contribution in [2.75, 3.05) is 11.9 Å². The Morgan fingerprint density at radius 3 is 2.80 bits per heavy atom. The summed E-state index contributed by atoms with van der Waals surface area (Å²) in [4.78, 5) is 35.2. The maximum Gasteiger partial charge on any atom is 0.310 e. The molecular weight excluding hydrogens is 346 g/mol. The van der Waals surface area contributed by atoms with Gasteiger partial charge in [0.1, 0.15) is 5.00 Å². The molecule has 2 aromatic rings. The van der Waals surface area contributed by atoms with E-state index in [0.29, 0.717) is 10.6 Å². The van der Waals surface area contributed by atoms with Crippen LogP contribution in [0.5, 0.6) is 5.75 Å². The van der Waals surface area contributed by atoms with Gasteiger partial charge in [0.15, 0.2) is 12.4 Å². The van der Waals surface area contributed by atoms with Crippen LogP contribution < -0.4 is 15.8 Å². The van der Waals surface area contributed by atoms with Gasteiger partial charge in [-0.3, -0.25) is 19.7 Å². The minimum atomic E-state index is -0.581. The number of nitro groups is 1. The molecule has 0 radical (unpaired) electrons. The summed E-state index contributed by atoms with van der Waals surface area (Å²) < 4.78 is 5.24. The highest BCUT2D eigenvalue weighted by Crippen LogP contribution is 2.38. The standard InChI is InChI=1S/C16H15N3O5S/c17-15(21)14-9-4-3-7-12(9)25-16(14)18-13(20)8-24-11-6-2-1-5-10(11)19(22)23/h1-2,5-6H,3-4,7-8H2,(H2,17,21)(H,18,20). The minimum absolute atomic E-state index is 0.00597. The van der Waals surface area contributed by atoms with Crippen molar-refractivity contribution in [2.24, 2.45) is 5.73 Å². The maximum absolute atomic E-state index is 12.1. The molecule has 8 nitrogen and oxygen atoms in total. The lowest BCUT2D eigenvalue weighted by molar-refractivity contribution is -0.385. The number of nitrogens with two attached hydrogens (primary N) is 1. The average molecular weight is 361 g/mol. The lowest BCUT2D eigenvalue weighted by atomic mass is 10.1. The third kappa shape index (κ3) is 3.45. The Bertz CT molecular complexity index is 861. The maximum atomic E-state index is 12.1. The Hall–Kier alpha value is -2.94. The number of hydrogen-bond donors (Lipinski definition) is 2. The molecule has 1 aliphatic rings. The molecule has 1 aromatic carbocycles. The van der Waals surface area contributed by atoms with Crippen LogP contribution in [0.3, 0.4) is 0 Å². The normalized spacial score (nSPS) is 12.5. The molecule has 0 saturated carbocycles. The van der Waals surface area contributed by atoms with Gasteiger partial charge in [0.25, 0.3) is 11.8 Å². The van der Waals surface area contributed by atoms with E-state index < -0.39 is 23.3 Å². The number of thiophene rings is 1. The summed E-state index contributed by atoms with van der Waals surface area (Å²) in [6, 6.07) is 5.80. The Morgan fingerprint density at radius 2 is 2.08 bits per heavy atom. The predicted octanol–water partition coefficient (Wildman–Crippen LogP) is 2.26. The molecule has 1 aliphatic carbocycles. The second kappa shape index (κ2) is 6.89. The quantitative estimate of drug-likeness (QED) is 0.603. The van der Waals surface area contributed by atoms with E-state index in [1.807, 2.05) is 0 Å². The van der Waals surface area contributed by atoms with Crippen molar-refractivity contribution in [3.05, 3.63) is 50.4 Å². The first kappa shape index (κ1) is 16.9. The van der Waals surface area contributed by atoms with Crippen LogP contribution in [-0.4, -0.2) is 23.3 Å². The molecule has 25 heavy (non-hydrogen) atoms. The lowest BCUT2D eigenvalue weighted by Gasteiger charge is -2.08. The molecule has 9 heteroatoms. The number of fused-ring (bicyclic) bond motifs is 1. The molecule has 1 aromatic heterocycles. The number of nitrogens with one attached hydrogen (secondary N) is 1. The van der Waals surface area contributed by atoms with E-state index in [2.05, 4.69) is 5.32 Å². The predicted molar refractivity (Wildman–Crippen MR) is 92.1 cm³/mol. The lowest BCUT2D eigenvalue weighted by Crippen LogP contribution is -2.22. The summed E-state index contributed by atoms with van der Waals surface area (Å²) in [5.41, 5.74) is 6.48. The number of para-hydroxylation sites is 2. The van der Waals surface area contributed by atoms with Gasteiger partial charge in [-0.15, -0.1) is 11.3 Å². The number of hydrogen-bond acceptors (Lipinski definition) is 6. The number of rotatable bonds is 6. The number of primary amides is 1. The highest BCUT2D eigenvalue weighted by atomic mass is 32.1. The first-order valence-electron chi connectivity index (χ1n) is 7.57. The molecule has 130 valence electrons. The molecule has 0 fully saturated rings. The van der Waals surface area contributed by atoms with Gasteiger partial charge in [0, 0.05) is 10.9 Å². The number of ether oxygens (including phenoxy) is 1. The van der Waals surface area contributed by atoms with Crippen molar-refractivity contribution in [1.29, 1.82) is 0 Å². The zero-order chi connectivity index (χ0) is 18.0. The van der Waals surface area contributed by atoms with Crippen molar-refractivity contribution in [2.45, 2.75) is 19.3 Å². The summed E-state index contributed by atoms with van der Waals surface area (Å²) >= 11 is 1.34. The topological polar surface area (TPSA) is 125 Å². The van der Waals surface area contributed by atoms with Crippen LogP contribution in [0, 0.1) is 10.1 Å². The van der Waals surface area contributed by atoms with Crippen molar-refractivity contribution < 1.29 is 19.2 Å². The fourth-order valence-electron chi connectivity index (χ4n) is 2.79. The molecule has 1 heterocycles. The zero-order valence-electron chi connectivity index (χ0n) is 13.1. The first-order chi connectivity index (χ1) is 12.0. The van der Waals surface area contributed by atoms with E-state index in [9.17, 15) is 19.7 Å². The van der Waals surface area contributed by atoms with Crippen molar-refractivity contribution in [3.8, 4) is 5.75 Å². The molecular formula is C16H15N3O5S. The summed E-state index contributed by atoms with van der Waals surface area (Å²) in [6.45, 7) is -0.411. The number of carbonyl (C=O) groups excluding carboxylic acids is 2. The molecule has 0 spiro atoms. The highest BCUT2D eigenvalue weighted by Gasteiger charge is 2.26. The average Bonchev–Trinajstić information content (AvgIpc) is 3.13. The van der Waals surface area contributed by atoms with Gasteiger partial charge < -0.3 is 15.8 Å². The third-order valence-corrected chi connectivity index (χ3v) is 5.05. The van der Waals surface area contributed by atoms with E-state index in [1.54, 1.807) is 6.07 Å². The summed E-state index contributed by atoms with van der Waals surface area (Å²) in [7, 11) is 0. The Kier molecular flexibility index (Phi) is 4.66. The number of amides is 2. The fourth-order valence-corrected chi connectivity index (χ4v) is 4.10. The summed E-state index contributed by atoms with van der Waals surface area (Å²) in [6.07, 6.45) is 2.60. The molecule has 3 rings (SSSR count). The number of nitro benzene ring substituents is 1. The summed E-state index contributed by atoms with van der Waals surface area (Å²) in [5, 5.41) is 14.0. The van der Waals surface area contributed by atoms with E-state index in [4.69, 9.17) is 10.5 Å². The number of benzene rings is 1. The van der Waals surface area contributed by atoms with Crippen molar-refractivity contribution >= 4 is 33.8 Å². The number of aryl methyl sites for hydroxylation is 1. The van der Waals surface area contributed by atoms with Crippen LogP contribution in [-0.2, 0) is 17.6 Å². The van der Waals surface area contributed by atoms with Crippen LogP contribution in [0.15, 0.2) is 24.3 Å². The van der Waals surface area contributed by atoms with E-state index in [0.717, 1.165) is 29.7 Å². The second-order valence-corrected chi connectivity index (χ2v) is 6.59. The number of anilines is 1. The van der Waals surface area contributed by atoms with Gasteiger partial charge in [-0.25, -0.2) is 0 Å². The number of nitrogens with zero attached hydrogens (tertiary/aromatic N) is 1. The largest absolute Gasteiger partial charge is 0.477 e. The molecule has 0 unspecified atom stereocenters. The van der Waals surface area contributed by atoms with E-state index in [1.165, 1.54) is 29.5 Å².